The number of fused-ring (bicyclic) bond motifs is 1. The van der Waals surface area contributed by atoms with Crippen molar-refractivity contribution in [3.05, 3.63) is 29.8 Å². The van der Waals surface area contributed by atoms with Gasteiger partial charge in [0.1, 0.15) is 0 Å². The Bertz CT molecular complexity index is 397. The Labute approximate surface area is 113 Å². The lowest BCUT2D eigenvalue weighted by Crippen LogP contribution is -2.36. The molecule has 1 aliphatic heterocycles. The van der Waals surface area contributed by atoms with Crippen molar-refractivity contribution < 1.29 is 4.79 Å². The third-order valence-corrected chi connectivity index (χ3v) is 4.52. The van der Waals surface area contributed by atoms with Crippen LogP contribution in [0, 0.1) is 0 Å². The molecule has 1 unspecified atom stereocenters. The summed E-state index contributed by atoms with van der Waals surface area (Å²) in [6.45, 7) is 1.78. The molecule has 0 aromatic heterocycles. The minimum atomic E-state index is 0.0713. The average Bonchev–Trinajstić information content (AvgIpc) is 2.81. The predicted molar refractivity (Wildman–Crippen MR) is 76.0 cm³/mol. The second-order valence-corrected chi connectivity index (χ2v) is 5.88. The van der Waals surface area contributed by atoms with Gasteiger partial charge in [0.2, 0.25) is 5.91 Å². The van der Waals surface area contributed by atoms with E-state index >= 15 is 0 Å². The highest BCUT2D eigenvalue weighted by atomic mass is 32.2. The first-order valence-electron chi connectivity index (χ1n) is 6.36. The van der Waals surface area contributed by atoms with E-state index in [0.717, 1.165) is 25.9 Å². The zero-order valence-corrected chi connectivity index (χ0v) is 11.8. The van der Waals surface area contributed by atoms with Crippen molar-refractivity contribution in [1.82, 2.24) is 10.2 Å². The summed E-state index contributed by atoms with van der Waals surface area (Å²) in [6.07, 6.45) is 1.87. The number of hydrogen-bond acceptors (Lipinski definition) is 3. The predicted octanol–water partition coefficient (Wildman–Crippen LogP) is 1.77. The normalized spacial score (nSPS) is 17.6. The van der Waals surface area contributed by atoms with Gasteiger partial charge in [-0.1, -0.05) is 18.2 Å². The monoisotopic (exact) mass is 264 g/mol. The molecule has 98 valence electrons. The molecule has 2 rings (SSSR count). The van der Waals surface area contributed by atoms with Gasteiger partial charge in [-0.25, -0.2) is 0 Å². The maximum atomic E-state index is 12.3. The van der Waals surface area contributed by atoms with Gasteiger partial charge in [0, 0.05) is 18.5 Å². The van der Waals surface area contributed by atoms with Crippen LogP contribution in [0.5, 0.6) is 0 Å². The van der Waals surface area contributed by atoms with Gasteiger partial charge >= 0.3 is 0 Å². The van der Waals surface area contributed by atoms with E-state index in [2.05, 4.69) is 17.4 Å². The molecule has 1 aromatic carbocycles. The lowest BCUT2D eigenvalue weighted by atomic mass is 10.1. The molecular formula is C14H20N2OS. The van der Waals surface area contributed by atoms with Crippen LogP contribution in [-0.2, 0) is 11.2 Å². The van der Waals surface area contributed by atoms with Crippen molar-refractivity contribution in [2.24, 2.45) is 0 Å². The third kappa shape index (κ3) is 3.06. The fourth-order valence-electron chi connectivity index (χ4n) is 2.17. The fraction of sp³-hybridized carbons (Fsp3) is 0.500. The van der Waals surface area contributed by atoms with Crippen molar-refractivity contribution in [2.75, 3.05) is 27.2 Å². The molecule has 1 N–H and O–H groups in total. The Balaban J connectivity index is 1.88. The van der Waals surface area contributed by atoms with Crippen LogP contribution in [0.4, 0.5) is 0 Å². The molecule has 0 aliphatic carbocycles. The van der Waals surface area contributed by atoms with Crippen LogP contribution in [0.1, 0.15) is 12.0 Å². The number of nitrogens with zero attached hydrogens (tertiary/aromatic N) is 1. The second kappa shape index (κ2) is 6.25. The quantitative estimate of drug-likeness (QED) is 0.823. The van der Waals surface area contributed by atoms with Crippen molar-refractivity contribution in [3.63, 3.8) is 0 Å². The Morgan fingerprint density at radius 3 is 3.00 bits per heavy atom. The molecule has 0 fully saturated rings. The zero-order chi connectivity index (χ0) is 13.0. The molecule has 1 amide bonds. The van der Waals surface area contributed by atoms with E-state index in [4.69, 9.17) is 0 Å². The maximum absolute atomic E-state index is 12.3. The van der Waals surface area contributed by atoms with Crippen LogP contribution >= 0.6 is 11.8 Å². The third-order valence-electron chi connectivity index (χ3n) is 3.22. The van der Waals surface area contributed by atoms with E-state index in [1.807, 2.05) is 31.1 Å². The van der Waals surface area contributed by atoms with E-state index in [9.17, 15) is 4.79 Å². The highest BCUT2D eigenvalue weighted by Crippen LogP contribution is 2.37. The van der Waals surface area contributed by atoms with Gasteiger partial charge < -0.3 is 10.2 Å². The number of carbonyl (C=O) groups excluding carboxylic acids is 1. The van der Waals surface area contributed by atoms with Crippen LogP contribution in [-0.4, -0.2) is 43.2 Å². The summed E-state index contributed by atoms with van der Waals surface area (Å²) >= 11 is 1.70. The van der Waals surface area contributed by atoms with Gasteiger partial charge in [-0.05, 0) is 38.1 Å². The van der Waals surface area contributed by atoms with Gasteiger partial charge in [0.15, 0.2) is 0 Å². The van der Waals surface area contributed by atoms with Crippen LogP contribution in [0.25, 0.3) is 0 Å². The van der Waals surface area contributed by atoms with E-state index in [1.165, 1.54) is 10.5 Å². The molecule has 1 aromatic rings. The summed E-state index contributed by atoms with van der Waals surface area (Å²) in [5, 5.41) is 3.17. The van der Waals surface area contributed by atoms with Crippen LogP contribution in [0.15, 0.2) is 29.2 Å². The summed E-state index contributed by atoms with van der Waals surface area (Å²) in [6, 6.07) is 8.31. The zero-order valence-electron chi connectivity index (χ0n) is 11.0. The van der Waals surface area contributed by atoms with Crippen molar-refractivity contribution in [3.8, 4) is 0 Å². The molecule has 1 aliphatic rings. The summed E-state index contributed by atoms with van der Waals surface area (Å²) in [7, 11) is 3.84. The maximum Gasteiger partial charge on any atom is 0.236 e. The fourth-order valence-corrected chi connectivity index (χ4v) is 3.48. The SMILES string of the molecule is CNCCCN(C)C(=O)C1Cc2ccccc2S1. The molecule has 18 heavy (non-hydrogen) atoms. The molecule has 3 nitrogen and oxygen atoms in total. The first kappa shape index (κ1) is 13.4. The molecular weight excluding hydrogens is 244 g/mol. The smallest absolute Gasteiger partial charge is 0.236 e. The Morgan fingerprint density at radius 2 is 2.28 bits per heavy atom. The van der Waals surface area contributed by atoms with Crippen LogP contribution < -0.4 is 5.32 Å². The topological polar surface area (TPSA) is 32.3 Å². The Hall–Kier alpha value is -1.00. The number of carbonyl (C=O) groups is 1. The molecule has 0 bridgehead atoms. The molecule has 0 radical (unpaired) electrons. The number of benzene rings is 1. The summed E-state index contributed by atoms with van der Waals surface area (Å²) in [5.74, 6) is 0.257. The van der Waals surface area contributed by atoms with Gasteiger partial charge in [0.25, 0.3) is 0 Å². The van der Waals surface area contributed by atoms with Crippen molar-refractivity contribution >= 4 is 17.7 Å². The molecule has 1 heterocycles. The lowest BCUT2D eigenvalue weighted by Gasteiger charge is -2.20. The number of nitrogens with one attached hydrogen (secondary N) is 1. The van der Waals surface area contributed by atoms with Gasteiger partial charge in [-0.2, -0.15) is 0 Å². The minimum absolute atomic E-state index is 0.0713. The Morgan fingerprint density at radius 1 is 1.50 bits per heavy atom. The highest BCUT2D eigenvalue weighted by molar-refractivity contribution is 8.01. The van der Waals surface area contributed by atoms with E-state index in [0.29, 0.717) is 0 Å². The van der Waals surface area contributed by atoms with Crippen molar-refractivity contribution in [2.45, 2.75) is 23.0 Å². The van der Waals surface area contributed by atoms with Crippen LogP contribution in [0.2, 0.25) is 0 Å². The molecule has 0 spiro atoms. The standard InChI is InChI=1S/C14H20N2OS/c1-15-8-5-9-16(2)14(17)13-10-11-6-3-4-7-12(11)18-13/h3-4,6-7,13,15H,5,8-10H2,1-2H3. The molecule has 0 saturated heterocycles. The first-order chi connectivity index (χ1) is 8.72. The van der Waals surface area contributed by atoms with E-state index in [1.54, 1.807) is 11.8 Å². The van der Waals surface area contributed by atoms with Gasteiger partial charge in [0.05, 0.1) is 5.25 Å². The summed E-state index contributed by atoms with van der Waals surface area (Å²) in [5.41, 5.74) is 1.31. The number of thioether (sulfide) groups is 1. The summed E-state index contributed by atoms with van der Waals surface area (Å²) < 4.78 is 0. The lowest BCUT2D eigenvalue weighted by molar-refractivity contribution is -0.129. The minimum Gasteiger partial charge on any atom is -0.345 e. The van der Waals surface area contributed by atoms with Gasteiger partial charge in [-0.3, -0.25) is 4.79 Å². The largest absolute Gasteiger partial charge is 0.345 e. The van der Waals surface area contributed by atoms with E-state index in [-0.39, 0.29) is 11.2 Å². The summed E-state index contributed by atoms with van der Waals surface area (Å²) in [4.78, 5) is 15.4. The van der Waals surface area contributed by atoms with Crippen molar-refractivity contribution in [1.29, 1.82) is 0 Å². The van der Waals surface area contributed by atoms with Crippen LogP contribution in [0.3, 0.4) is 0 Å². The van der Waals surface area contributed by atoms with Gasteiger partial charge in [-0.15, -0.1) is 11.8 Å². The number of hydrogen-bond donors (Lipinski definition) is 1. The molecule has 4 heteroatoms. The number of amides is 1. The highest BCUT2D eigenvalue weighted by Gasteiger charge is 2.29. The second-order valence-electron chi connectivity index (χ2n) is 4.64. The molecule has 1 atom stereocenters. The average molecular weight is 264 g/mol. The number of rotatable bonds is 5. The van der Waals surface area contributed by atoms with E-state index < -0.39 is 0 Å². The Kier molecular flexibility index (Phi) is 4.66. The molecule has 0 saturated carbocycles. The first-order valence-corrected chi connectivity index (χ1v) is 7.24.